The largest absolute Gasteiger partial charge is 0.339 e. The van der Waals surface area contributed by atoms with Gasteiger partial charge in [-0.05, 0) is 38.3 Å². The Morgan fingerprint density at radius 3 is 2.71 bits per heavy atom. The number of halogens is 1. The van der Waals surface area contributed by atoms with Crippen molar-refractivity contribution >= 4 is 15.9 Å². The normalized spacial score (nSPS) is 14.1. The fourth-order valence-electron chi connectivity index (χ4n) is 2.15. The molecular formula is C16H22BrN3O. The highest BCUT2D eigenvalue weighted by atomic mass is 79.9. The molecule has 0 fully saturated rings. The molecule has 2 aromatic rings. The van der Waals surface area contributed by atoms with Crippen molar-refractivity contribution in [3.63, 3.8) is 0 Å². The van der Waals surface area contributed by atoms with Gasteiger partial charge in [-0.3, -0.25) is 0 Å². The summed E-state index contributed by atoms with van der Waals surface area (Å²) in [4.78, 5) is 4.52. The molecule has 0 amide bonds. The minimum absolute atomic E-state index is 0.250. The molecule has 0 saturated heterocycles. The minimum atomic E-state index is 0.250. The molecule has 4 nitrogen and oxygen atoms in total. The lowest BCUT2D eigenvalue weighted by Gasteiger charge is -2.07. The maximum Gasteiger partial charge on any atom is 0.229 e. The highest BCUT2D eigenvalue weighted by Crippen LogP contribution is 2.26. The Morgan fingerprint density at radius 1 is 1.29 bits per heavy atom. The van der Waals surface area contributed by atoms with Gasteiger partial charge >= 0.3 is 0 Å². The zero-order valence-corrected chi connectivity index (χ0v) is 14.4. The number of hydrogen-bond acceptors (Lipinski definition) is 4. The van der Waals surface area contributed by atoms with Crippen molar-refractivity contribution in [1.29, 1.82) is 0 Å². The van der Waals surface area contributed by atoms with Crippen LogP contribution in [0.25, 0.3) is 11.4 Å². The molecule has 0 bridgehead atoms. The second-order valence-electron chi connectivity index (χ2n) is 5.73. The summed E-state index contributed by atoms with van der Waals surface area (Å²) >= 11 is 3.53. The summed E-state index contributed by atoms with van der Waals surface area (Å²) in [6.45, 7) is 6.20. The van der Waals surface area contributed by atoms with E-state index in [0.29, 0.717) is 11.7 Å². The fourth-order valence-corrected chi connectivity index (χ4v) is 2.53. The highest BCUT2D eigenvalue weighted by molar-refractivity contribution is 9.10. The van der Waals surface area contributed by atoms with E-state index in [1.54, 1.807) is 0 Å². The summed E-state index contributed by atoms with van der Waals surface area (Å²) in [6, 6.07) is 6.32. The number of rotatable bonds is 6. The highest BCUT2D eigenvalue weighted by Gasteiger charge is 2.15. The maximum absolute atomic E-state index is 5.77. The van der Waals surface area contributed by atoms with Gasteiger partial charge in [0.05, 0.1) is 0 Å². The quantitative estimate of drug-likeness (QED) is 0.835. The molecule has 21 heavy (non-hydrogen) atoms. The van der Waals surface area contributed by atoms with E-state index in [9.17, 15) is 0 Å². The zero-order valence-electron chi connectivity index (χ0n) is 12.8. The van der Waals surface area contributed by atoms with Crippen LogP contribution < -0.4 is 5.73 Å². The number of nitrogens with zero attached hydrogens (tertiary/aromatic N) is 2. The van der Waals surface area contributed by atoms with E-state index < -0.39 is 0 Å². The van der Waals surface area contributed by atoms with E-state index in [1.165, 1.54) is 5.56 Å². The van der Waals surface area contributed by atoms with Crippen molar-refractivity contribution in [2.45, 2.75) is 52.0 Å². The van der Waals surface area contributed by atoms with Crippen LogP contribution in [-0.4, -0.2) is 16.2 Å². The Labute approximate surface area is 134 Å². The van der Waals surface area contributed by atoms with Crippen LogP contribution in [0.15, 0.2) is 27.2 Å². The Morgan fingerprint density at radius 2 is 2.05 bits per heavy atom. The lowest BCUT2D eigenvalue weighted by atomic mass is 10.0. The lowest BCUT2D eigenvalue weighted by molar-refractivity contribution is 0.350. The van der Waals surface area contributed by atoms with Gasteiger partial charge in [-0.25, -0.2) is 0 Å². The first kappa shape index (κ1) is 16.2. The predicted molar refractivity (Wildman–Crippen MR) is 88.1 cm³/mol. The Bertz CT molecular complexity index is 595. The molecule has 5 heteroatoms. The molecule has 0 aliphatic heterocycles. The monoisotopic (exact) mass is 351 g/mol. The summed E-state index contributed by atoms with van der Waals surface area (Å²) < 4.78 is 6.45. The fraction of sp³-hybridized carbons (Fsp3) is 0.500. The Balaban J connectivity index is 2.05. The van der Waals surface area contributed by atoms with E-state index in [2.05, 4.69) is 39.9 Å². The molecule has 1 aromatic carbocycles. The van der Waals surface area contributed by atoms with Gasteiger partial charge in [0, 0.05) is 22.0 Å². The molecular weight excluding hydrogens is 330 g/mol. The lowest BCUT2D eigenvalue weighted by Crippen LogP contribution is -2.14. The molecule has 2 rings (SSSR count). The maximum atomic E-state index is 5.77. The van der Waals surface area contributed by atoms with Crippen molar-refractivity contribution in [1.82, 2.24) is 10.1 Å². The SMILES string of the molecule is Cc1ccc(-c2noc(C(C)CCCC(C)N)n2)cc1Br. The van der Waals surface area contributed by atoms with Crippen LogP contribution >= 0.6 is 15.9 Å². The molecule has 2 unspecified atom stereocenters. The van der Waals surface area contributed by atoms with Gasteiger partial charge in [0.2, 0.25) is 11.7 Å². The van der Waals surface area contributed by atoms with Gasteiger partial charge in [-0.2, -0.15) is 4.98 Å². The number of aryl methyl sites for hydroxylation is 1. The van der Waals surface area contributed by atoms with Crippen molar-refractivity contribution in [3.8, 4) is 11.4 Å². The van der Waals surface area contributed by atoms with Gasteiger partial charge in [0.15, 0.2) is 0 Å². The van der Waals surface area contributed by atoms with Crippen LogP contribution in [-0.2, 0) is 0 Å². The van der Waals surface area contributed by atoms with Gasteiger partial charge in [0.25, 0.3) is 0 Å². The van der Waals surface area contributed by atoms with Crippen LogP contribution in [0.4, 0.5) is 0 Å². The third-order valence-corrected chi connectivity index (χ3v) is 4.44. The molecule has 0 saturated carbocycles. The van der Waals surface area contributed by atoms with Crippen LogP contribution in [0.2, 0.25) is 0 Å². The van der Waals surface area contributed by atoms with Crippen LogP contribution in [0.3, 0.4) is 0 Å². The standard InChI is InChI=1S/C16H22BrN3O/c1-10-7-8-13(9-14(10)17)15-19-16(21-20-15)11(2)5-4-6-12(3)18/h7-9,11-12H,4-6,18H2,1-3H3. The first-order valence-electron chi connectivity index (χ1n) is 7.33. The van der Waals surface area contributed by atoms with Crippen molar-refractivity contribution in [2.75, 3.05) is 0 Å². The predicted octanol–water partition coefficient (Wildman–Crippen LogP) is 4.43. The average Bonchev–Trinajstić information content (AvgIpc) is 2.91. The molecule has 0 aliphatic rings. The van der Waals surface area contributed by atoms with Crippen LogP contribution in [0.1, 0.15) is 50.5 Å². The van der Waals surface area contributed by atoms with Crippen molar-refractivity contribution in [3.05, 3.63) is 34.1 Å². The summed E-state index contributed by atoms with van der Waals surface area (Å²) in [5, 5.41) is 4.09. The molecule has 0 aliphatic carbocycles. The second-order valence-corrected chi connectivity index (χ2v) is 6.58. The van der Waals surface area contributed by atoms with E-state index in [4.69, 9.17) is 10.3 Å². The van der Waals surface area contributed by atoms with Gasteiger partial charge in [-0.15, -0.1) is 0 Å². The molecule has 2 N–H and O–H groups in total. The second kappa shape index (κ2) is 7.18. The molecule has 114 valence electrons. The molecule has 1 aromatic heterocycles. The topological polar surface area (TPSA) is 64.9 Å². The Kier molecular flexibility index (Phi) is 5.53. The first-order chi connectivity index (χ1) is 9.97. The van der Waals surface area contributed by atoms with Crippen molar-refractivity contribution in [2.24, 2.45) is 5.73 Å². The number of nitrogens with two attached hydrogens (primary N) is 1. The molecule has 2 atom stereocenters. The molecule has 0 spiro atoms. The number of benzene rings is 1. The smallest absolute Gasteiger partial charge is 0.229 e. The summed E-state index contributed by atoms with van der Waals surface area (Å²) in [5.74, 6) is 1.61. The number of hydrogen-bond donors (Lipinski definition) is 1. The number of aromatic nitrogens is 2. The van der Waals surface area contributed by atoms with E-state index >= 15 is 0 Å². The van der Waals surface area contributed by atoms with Gasteiger partial charge in [-0.1, -0.05) is 46.6 Å². The third kappa shape index (κ3) is 4.38. The summed E-state index contributed by atoms with van der Waals surface area (Å²) in [7, 11) is 0. The molecule has 0 radical (unpaired) electrons. The average molecular weight is 352 g/mol. The van der Waals surface area contributed by atoms with Crippen LogP contribution in [0.5, 0.6) is 0 Å². The third-order valence-electron chi connectivity index (χ3n) is 3.59. The van der Waals surface area contributed by atoms with Gasteiger partial charge in [0.1, 0.15) is 0 Å². The summed E-state index contributed by atoms with van der Waals surface area (Å²) in [6.07, 6.45) is 3.11. The van der Waals surface area contributed by atoms with Gasteiger partial charge < -0.3 is 10.3 Å². The first-order valence-corrected chi connectivity index (χ1v) is 8.12. The Hall–Kier alpha value is -1.20. The van der Waals surface area contributed by atoms with E-state index in [0.717, 1.165) is 29.3 Å². The minimum Gasteiger partial charge on any atom is -0.339 e. The zero-order chi connectivity index (χ0) is 15.4. The van der Waals surface area contributed by atoms with E-state index in [1.807, 2.05) is 25.1 Å². The summed E-state index contributed by atoms with van der Waals surface area (Å²) in [5.41, 5.74) is 7.92. The molecule has 1 heterocycles. The van der Waals surface area contributed by atoms with E-state index in [-0.39, 0.29) is 12.0 Å². The van der Waals surface area contributed by atoms with Crippen molar-refractivity contribution < 1.29 is 4.52 Å². The van der Waals surface area contributed by atoms with Crippen LogP contribution in [0, 0.1) is 6.92 Å².